The Morgan fingerprint density at radius 3 is 2.35 bits per heavy atom. The first-order chi connectivity index (χ1) is 8.18. The van der Waals surface area contributed by atoms with E-state index in [1.807, 2.05) is 30.3 Å². The molecule has 1 fully saturated rings. The van der Waals surface area contributed by atoms with Gasteiger partial charge in [0.25, 0.3) is 0 Å². The summed E-state index contributed by atoms with van der Waals surface area (Å²) in [5.74, 6) is 0. The van der Waals surface area contributed by atoms with Crippen LogP contribution in [0.5, 0.6) is 0 Å². The summed E-state index contributed by atoms with van der Waals surface area (Å²) in [6.07, 6.45) is 3.47. The van der Waals surface area contributed by atoms with Crippen LogP contribution in [0.25, 0.3) is 0 Å². The number of rotatable bonds is 3. The summed E-state index contributed by atoms with van der Waals surface area (Å²) in [6, 6.07) is 11.2. The zero-order chi connectivity index (χ0) is 12.3. The average Bonchev–Trinajstić information content (AvgIpc) is 2.35. The average molecular weight is 233 g/mol. The summed E-state index contributed by atoms with van der Waals surface area (Å²) in [5.41, 5.74) is 1.03. The van der Waals surface area contributed by atoms with Gasteiger partial charge in [-0.2, -0.15) is 0 Å². The molecule has 3 atom stereocenters. The fourth-order valence-electron chi connectivity index (χ4n) is 2.81. The summed E-state index contributed by atoms with van der Waals surface area (Å²) >= 11 is 0. The Kier molecular flexibility index (Phi) is 4.19. The monoisotopic (exact) mass is 233 g/mol. The zero-order valence-corrected chi connectivity index (χ0v) is 10.8. The van der Waals surface area contributed by atoms with Gasteiger partial charge in [-0.15, -0.1) is 0 Å². The molecule has 0 spiro atoms. The maximum absolute atomic E-state index is 10.3. The Bertz CT molecular complexity index is 328. The highest BCUT2D eigenvalue weighted by atomic mass is 16.3. The molecule has 0 saturated carbocycles. The molecule has 1 saturated heterocycles. The second-order valence-electron chi connectivity index (χ2n) is 5.25. The molecule has 0 aliphatic carbocycles. The molecule has 0 radical (unpaired) electrons. The van der Waals surface area contributed by atoms with E-state index in [1.165, 1.54) is 19.3 Å². The lowest BCUT2D eigenvalue weighted by molar-refractivity contribution is 0.0412. The van der Waals surface area contributed by atoms with Crippen LogP contribution in [0.1, 0.15) is 44.8 Å². The predicted molar refractivity (Wildman–Crippen MR) is 70.9 cm³/mol. The van der Waals surface area contributed by atoms with E-state index in [9.17, 15) is 5.11 Å². The summed E-state index contributed by atoms with van der Waals surface area (Å²) < 4.78 is 0. The smallest absolute Gasteiger partial charge is 0.0917 e. The first kappa shape index (κ1) is 12.6. The molecule has 2 rings (SSSR count). The fraction of sp³-hybridized carbons (Fsp3) is 0.600. The van der Waals surface area contributed by atoms with Crippen LogP contribution in [0.4, 0.5) is 0 Å². The van der Waals surface area contributed by atoms with Crippen molar-refractivity contribution >= 4 is 0 Å². The molecule has 2 nitrogen and oxygen atoms in total. The first-order valence-corrected chi connectivity index (χ1v) is 6.67. The number of hydrogen-bond acceptors (Lipinski definition) is 2. The number of aliphatic hydroxyl groups excluding tert-OH is 1. The Hall–Kier alpha value is -0.860. The number of β-amino-alcohol motifs (C(OH)–C–C–N with tert-alkyl or cyclic N) is 1. The lowest BCUT2D eigenvalue weighted by Gasteiger charge is -2.40. The van der Waals surface area contributed by atoms with Gasteiger partial charge in [0, 0.05) is 18.6 Å². The molecule has 0 amide bonds. The van der Waals surface area contributed by atoms with Crippen LogP contribution >= 0.6 is 0 Å². The van der Waals surface area contributed by atoms with Gasteiger partial charge in [-0.1, -0.05) is 36.8 Å². The highest BCUT2D eigenvalue weighted by molar-refractivity contribution is 5.17. The number of aliphatic hydroxyl groups is 1. The van der Waals surface area contributed by atoms with Gasteiger partial charge in [0.2, 0.25) is 0 Å². The lowest BCUT2D eigenvalue weighted by atomic mass is 9.96. The third-order valence-corrected chi connectivity index (χ3v) is 3.94. The minimum Gasteiger partial charge on any atom is -0.387 e. The van der Waals surface area contributed by atoms with Crippen molar-refractivity contribution in [2.45, 2.75) is 51.3 Å². The van der Waals surface area contributed by atoms with E-state index in [2.05, 4.69) is 18.7 Å². The van der Waals surface area contributed by atoms with Crippen LogP contribution in [-0.2, 0) is 0 Å². The van der Waals surface area contributed by atoms with E-state index in [0.29, 0.717) is 12.1 Å². The van der Waals surface area contributed by atoms with Crippen LogP contribution < -0.4 is 0 Å². The Balaban J connectivity index is 2.00. The van der Waals surface area contributed by atoms with Crippen molar-refractivity contribution in [3.8, 4) is 0 Å². The van der Waals surface area contributed by atoms with Gasteiger partial charge in [0.05, 0.1) is 6.10 Å². The summed E-state index contributed by atoms with van der Waals surface area (Å²) in [4.78, 5) is 2.45. The standard InChI is InChI=1S/C15H23NO/c1-12-7-6-8-13(2)16(12)11-15(17)14-9-4-3-5-10-14/h3-5,9-10,12-13,15,17H,6-8,11H2,1-2H3/t12-,13-,15+/m1/s1. The van der Waals surface area contributed by atoms with Crippen molar-refractivity contribution in [1.29, 1.82) is 0 Å². The van der Waals surface area contributed by atoms with Crippen LogP contribution in [0.2, 0.25) is 0 Å². The maximum Gasteiger partial charge on any atom is 0.0917 e. The maximum atomic E-state index is 10.3. The van der Waals surface area contributed by atoms with E-state index in [-0.39, 0.29) is 6.10 Å². The third-order valence-electron chi connectivity index (χ3n) is 3.94. The van der Waals surface area contributed by atoms with Gasteiger partial charge in [0.1, 0.15) is 0 Å². The van der Waals surface area contributed by atoms with Gasteiger partial charge >= 0.3 is 0 Å². The lowest BCUT2D eigenvalue weighted by Crippen LogP contribution is -2.45. The Labute approximate surface area is 104 Å². The van der Waals surface area contributed by atoms with E-state index in [1.54, 1.807) is 0 Å². The van der Waals surface area contributed by atoms with Crippen LogP contribution in [-0.4, -0.2) is 28.6 Å². The second-order valence-corrected chi connectivity index (χ2v) is 5.25. The number of benzene rings is 1. The largest absolute Gasteiger partial charge is 0.387 e. The number of nitrogens with zero attached hydrogens (tertiary/aromatic N) is 1. The SMILES string of the molecule is C[C@@H]1CCC[C@@H](C)N1C[C@H](O)c1ccccc1. The quantitative estimate of drug-likeness (QED) is 0.867. The fourth-order valence-corrected chi connectivity index (χ4v) is 2.81. The number of hydrogen-bond donors (Lipinski definition) is 1. The molecule has 0 bridgehead atoms. The second kappa shape index (κ2) is 5.65. The van der Waals surface area contributed by atoms with Crippen molar-refractivity contribution in [3.05, 3.63) is 35.9 Å². The molecule has 0 unspecified atom stereocenters. The van der Waals surface area contributed by atoms with Crippen LogP contribution in [0.3, 0.4) is 0 Å². The van der Waals surface area contributed by atoms with Gasteiger partial charge in [-0.05, 0) is 32.3 Å². The van der Waals surface area contributed by atoms with E-state index < -0.39 is 0 Å². The predicted octanol–water partition coefficient (Wildman–Crippen LogP) is 2.98. The molecule has 1 N–H and O–H groups in total. The van der Waals surface area contributed by atoms with Gasteiger partial charge < -0.3 is 5.11 Å². The van der Waals surface area contributed by atoms with Crippen LogP contribution in [0, 0.1) is 0 Å². The molecule has 1 heterocycles. The Morgan fingerprint density at radius 1 is 1.18 bits per heavy atom. The summed E-state index contributed by atoms with van der Waals surface area (Å²) in [6.45, 7) is 5.30. The van der Waals surface area contributed by atoms with E-state index >= 15 is 0 Å². The first-order valence-electron chi connectivity index (χ1n) is 6.67. The van der Waals surface area contributed by atoms with Crippen molar-refractivity contribution in [2.24, 2.45) is 0 Å². The Morgan fingerprint density at radius 2 is 1.76 bits per heavy atom. The summed E-state index contributed by atoms with van der Waals surface area (Å²) in [7, 11) is 0. The minimum absolute atomic E-state index is 0.362. The molecular formula is C15H23NO. The molecule has 1 aromatic rings. The highest BCUT2D eigenvalue weighted by Gasteiger charge is 2.26. The van der Waals surface area contributed by atoms with Gasteiger partial charge in [-0.25, -0.2) is 0 Å². The molecule has 1 aromatic carbocycles. The minimum atomic E-state index is -0.362. The third kappa shape index (κ3) is 3.08. The zero-order valence-electron chi connectivity index (χ0n) is 10.8. The number of likely N-dealkylation sites (tertiary alicyclic amines) is 1. The molecule has 0 aromatic heterocycles. The molecule has 94 valence electrons. The normalized spacial score (nSPS) is 27.9. The topological polar surface area (TPSA) is 23.5 Å². The molecule has 1 aliphatic heterocycles. The number of piperidine rings is 1. The molecular weight excluding hydrogens is 210 g/mol. The van der Waals surface area contributed by atoms with Gasteiger partial charge in [0.15, 0.2) is 0 Å². The molecule has 17 heavy (non-hydrogen) atoms. The van der Waals surface area contributed by atoms with E-state index in [4.69, 9.17) is 0 Å². The highest BCUT2D eigenvalue weighted by Crippen LogP contribution is 2.25. The van der Waals surface area contributed by atoms with Crippen molar-refractivity contribution in [3.63, 3.8) is 0 Å². The van der Waals surface area contributed by atoms with Crippen molar-refractivity contribution < 1.29 is 5.11 Å². The molecule has 2 heteroatoms. The van der Waals surface area contributed by atoms with Crippen molar-refractivity contribution in [1.82, 2.24) is 4.90 Å². The van der Waals surface area contributed by atoms with Crippen molar-refractivity contribution in [2.75, 3.05) is 6.54 Å². The van der Waals surface area contributed by atoms with E-state index in [0.717, 1.165) is 12.1 Å². The van der Waals surface area contributed by atoms with Crippen LogP contribution in [0.15, 0.2) is 30.3 Å². The molecule has 1 aliphatic rings. The summed E-state index contributed by atoms with van der Waals surface area (Å²) in [5, 5.41) is 10.3. The van der Waals surface area contributed by atoms with Gasteiger partial charge in [-0.3, -0.25) is 4.90 Å².